The van der Waals surface area contributed by atoms with Crippen LogP contribution in [0.15, 0.2) is 43.0 Å². The molecule has 33 heavy (non-hydrogen) atoms. The summed E-state index contributed by atoms with van der Waals surface area (Å²) in [5.41, 5.74) is 3.13. The highest BCUT2D eigenvalue weighted by Gasteiger charge is 2.26. The number of pyridine rings is 1. The van der Waals surface area contributed by atoms with Crippen molar-refractivity contribution in [2.45, 2.75) is 43.7 Å². The van der Waals surface area contributed by atoms with Crippen LogP contribution < -0.4 is 0 Å². The van der Waals surface area contributed by atoms with Crippen LogP contribution >= 0.6 is 23.2 Å². The van der Waals surface area contributed by atoms with E-state index in [-0.39, 0.29) is 27.8 Å². The molecule has 0 bridgehead atoms. The zero-order valence-corrected chi connectivity index (χ0v) is 19.1. The molecule has 0 amide bonds. The summed E-state index contributed by atoms with van der Waals surface area (Å²) >= 11 is 12.5. The topological polar surface area (TPSA) is 66.7 Å². The van der Waals surface area contributed by atoms with Crippen molar-refractivity contribution < 1.29 is 13.9 Å². The predicted molar refractivity (Wildman–Crippen MR) is 125 cm³/mol. The minimum absolute atomic E-state index is 0.178. The maximum Gasteiger partial charge on any atom is 0.142 e. The van der Waals surface area contributed by atoms with Gasteiger partial charge in [0.2, 0.25) is 0 Å². The molecule has 3 aromatic heterocycles. The van der Waals surface area contributed by atoms with Crippen LogP contribution in [0, 0.1) is 5.82 Å². The number of nitrogens with one attached hydrogen (secondary N) is 1. The van der Waals surface area contributed by atoms with Gasteiger partial charge in [-0.25, -0.2) is 9.37 Å². The Morgan fingerprint density at radius 3 is 2.70 bits per heavy atom. The Morgan fingerprint density at radius 2 is 1.94 bits per heavy atom. The molecule has 0 spiro atoms. The molecule has 1 aliphatic rings. The Bertz CT molecular complexity index is 1300. The highest BCUT2D eigenvalue weighted by molar-refractivity contribution is 6.36. The van der Waals surface area contributed by atoms with E-state index in [1.165, 1.54) is 12.1 Å². The monoisotopic (exact) mass is 490 g/mol. The van der Waals surface area contributed by atoms with E-state index in [0.717, 1.165) is 36.8 Å². The van der Waals surface area contributed by atoms with Gasteiger partial charge in [-0.15, -0.1) is 0 Å². The molecule has 5 nitrogen and oxygen atoms in total. The zero-order chi connectivity index (χ0) is 23.1. The van der Waals surface area contributed by atoms with Crippen LogP contribution in [0.3, 0.4) is 0 Å². The van der Waals surface area contributed by atoms with Gasteiger partial charge in [0.15, 0.2) is 0 Å². The molecule has 5 rings (SSSR count). The van der Waals surface area contributed by atoms with E-state index in [1.54, 1.807) is 18.6 Å². The lowest BCUT2D eigenvalue weighted by atomic mass is 9.91. The van der Waals surface area contributed by atoms with Gasteiger partial charge in [0.05, 0.1) is 23.4 Å². The van der Waals surface area contributed by atoms with E-state index in [0.29, 0.717) is 16.6 Å². The zero-order valence-electron chi connectivity index (χ0n) is 17.6. The second-order valence-corrected chi connectivity index (χ2v) is 9.28. The molecule has 1 fully saturated rings. The molecule has 0 saturated heterocycles. The van der Waals surface area contributed by atoms with Crippen LogP contribution in [0.5, 0.6) is 0 Å². The Hall–Kier alpha value is -2.48. The minimum atomic E-state index is -0.845. The molecular formula is C24H22Cl2F2N4O. The number of H-pyrrole nitrogens is 1. The van der Waals surface area contributed by atoms with Crippen molar-refractivity contribution in [2.75, 3.05) is 6.67 Å². The summed E-state index contributed by atoms with van der Waals surface area (Å²) < 4.78 is 30.3. The molecule has 9 heteroatoms. The third-order valence-electron chi connectivity index (χ3n) is 6.50. The fourth-order valence-electron chi connectivity index (χ4n) is 4.66. The van der Waals surface area contributed by atoms with Crippen molar-refractivity contribution in [3.8, 4) is 11.1 Å². The second-order valence-electron chi connectivity index (χ2n) is 8.50. The van der Waals surface area contributed by atoms with Crippen LogP contribution in [0.4, 0.5) is 8.78 Å². The molecule has 0 aliphatic heterocycles. The van der Waals surface area contributed by atoms with E-state index in [9.17, 15) is 13.9 Å². The maximum absolute atomic E-state index is 14.3. The summed E-state index contributed by atoms with van der Waals surface area (Å²) in [6, 6.07) is 4.74. The second kappa shape index (κ2) is 9.05. The number of benzene rings is 1. The number of fused-ring (bicyclic) bond motifs is 1. The van der Waals surface area contributed by atoms with Gasteiger partial charge in [0, 0.05) is 51.6 Å². The normalized spacial score (nSPS) is 19.8. The van der Waals surface area contributed by atoms with E-state index in [1.807, 2.05) is 16.9 Å². The quantitative estimate of drug-likeness (QED) is 0.316. The lowest BCUT2D eigenvalue weighted by molar-refractivity contribution is 0.108. The van der Waals surface area contributed by atoms with Crippen molar-refractivity contribution in [1.82, 2.24) is 19.7 Å². The van der Waals surface area contributed by atoms with E-state index >= 15 is 0 Å². The van der Waals surface area contributed by atoms with E-state index in [4.69, 9.17) is 23.2 Å². The largest absolute Gasteiger partial charge is 0.393 e. The average Bonchev–Trinajstić information content (AvgIpc) is 3.47. The van der Waals surface area contributed by atoms with Gasteiger partial charge in [-0.05, 0) is 49.4 Å². The van der Waals surface area contributed by atoms with Crippen LogP contribution in [0.25, 0.3) is 22.2 Å². The molecule has 1 atom stereocenters. The average molecular weight is 491 g/mol. The Labute approximate surface area is 199 Å². The number of hydrogen-bond donors (Lipinski definition) is 2. The van der Waals surface area contributed by atoms with Gasteiger partial charge in [-0.2, -0.15) is 5.10 Å². The molecular weight excluding hydrogens is 469 g/mol. The first-order valence-electron chi connectivity index (χ1n) is 10.8. The van der Waals surface area contributed by atoms with Gasteiger partial charge in [-0.3, -0.25) is 9.07 Å². The summed E-state index contributed by atoms with van der Waals surface area (Å²) in [5.74, 6) is -1.49. The number of aliphatic hydroxyl groups is 1. The third-order valence-corrected chi connectivity index (χ3v) is 7.21. The van der Waals surface area contributed by atoms with Crippen molar-refractivity contribution >= 4 is 34.2 Å². The van der Waals surface area contributed by atoms with Gasteiger partial charge in [-0.1, -0.05) is 23.2 Å². The molecule has 1 aliphatic carbocycles. The van der Waals surface area contributed by atoms with Crippen molar-refractivity contribution in [1.29, 1.82) is 0 Å². The number of halogens is 4. The van der Waals surface area contributed by atoms with Gasteiger partial charge in [0.25, 0.3) is 0 Å². The van der Waals surface area contributed by atoms with Gasteiger partial charge in [0.1, 0.15) is 18.1 Å². The molecule has 4 aromatic rings. The molecule has 172 valence electrons. The van der Waals surface area contributed by atoms with Crippen LogP contribution in [0.1, 0.15) is 48.8 Å². The first kappa shape index (κ1) is 22.3. The third kappa shape index (κ3) is 4.14. The first-order chi connectivity index (χ1) is 16.0. The van der Waals surface area contributed by atoms with Crippen LogP contribution in [-0.4, -0.2) is 37.6 Å². The number of nitrogens with zero attached hydrogens (tertiary/aromatic N) is 3. The number of aliphatic hydroxyl groups excluding tert-OH is 1. The summed E-state index contributed by atoms with van der Waals surface area (Å²) in [6.07, 6.45) is 10.3. The van der Waals surface area contributed by atoms with Crippen molar-refractivity contribution in [2.24, 2.45) is 0 Å². The lowest BCUT2D eigenvalue weighted by Gasteiger charge is -2.25. The Morgan fingerprint density at radius 1 is 1.15 bits per heavy atom. The summed E-state index contributed by atoms with van der Waals surface area (Å²) in [6.45, 7) is -0.800. The fraction of sp³-hybridized carbons (Fsp3) is 0.333. The minimum Gasteiger partial charge on any atom is -0.393 e. The Balaban J connectivity index is 1.52. The lowest BCUT2D eigenvalue weighted by Crippen LogP contribution is -2.21. The van der Waals surface area contributed by atoms with Gasteiger partial charge < -0.3 is 10.1 Å². The number of alkyl halides is 1. The highest BCUT2D eigenvalue weighted by Crippen LogP contribution is 2.40. The molecule has 1 aromatic carbocycles. The number of rotatable bonds is 5. The smallest absolute Gasteiger partial charge is 0.142 e. The van der Waals surface area contributed by atoms with Gasteiger partial charge >= 0.3 is 0 Å². The Kier molecular flexibility index (Phi) is 6.12. The molecule has 1 unspecified atom stereocenters. The summed E-state index contributed by atoms with van der Waals surface area (Å²) in [7, 11) is 0. The first-order valence-corrected chi connectivity index (χ1v) is 11.6. The molecule has 2 N–H and O–H groups in total. The van der Waals surface area contributed by atoms with Crippen LogP contribution in [-0.2, 0) is 0 Å². The fourth-order valence-corrected chi connectivity index (χ4v) is 5.29. The maximum atomic E-state index is 14.3. The number of aromatic amines is 1. The van der Waals surface area contributed by atoms with E-state index in [2.05, 4.69) is 15.1 Å². The van der Waals surface area contributed by atoms with Crippen molar-refractivity contribution in [3.05, 3.63) is 70.0 Å². The van der Waals surface area contributed by atoms with Crippen LogP contribution in [0.2, 0.25) is 10.0 Å². The number of hydrogen-bond acceptors (Lipinski definition) is 3. The molecule has 0 radical (unpaired) electrons. The molecule has 1 saturated carbocycles. The van der Waals surface area contributed by atoms with Crippen molar-refractivity contribution in [3.63, 3.8) is 0 Å². The predicted octanol–water partition coefficient (Wildman–Crippen LogP) is 6.45. The standard InChI is InChI=1S/C24H22Cl2F2N4O/c25-20-5-6-21(28)23(26)22(20)18(8-27)19-11-30-24-17(19)7-13(9-29-24)14-10-31-32(12-14)15-1-3-16(33)4-2-15/h5-7,9-12,15-16,18,33H,1-4,8H2,(H,29,30)/t15-,16-,18?. The number of aromatic nitrogens is 4. The molecule has 3 heterocycles. The van der Waals surface area contributed by atoms with E-state index < -0.39 is 18.4 Å². The summed E-state index contributed by atoms with van der Waals surface area (Å²) in [4.78, 5) is 7.56. The highest BCUT2D eigenvalue weighted by atomic mass is 35.5. The summed E-state index contributed by atoms with van der Waals surface area (Å²) in [5, 5.41) is 15.0. The SMILES string of the molecule is O[C@H]1CC[C@H](n2cc(-c3cnc4[nH]cc(C(CF)c5c(Cl)ccc(F)c5Cl)c4c3)cn2)CC1.